The van der Waals surface area contributed by atoms with Gasteiger partial charge in [0.25, 0.3) is 0 Å². The summed E-state index contributed by atoms with van der Waals surface area (Å²) in [5.41, 5.74) is -0.0448. The molecule has 1 aromatic heterocycles. The zero-order valence-electron chi connectivity index (χ0n) is 11.3. The van der Waals surface area contributed by atoms with Crippen LogP contribution in [-0.2, 0) is 13.6 Å². The van der Waals surface area contributed by atoms with Crippen molar-refractivity contribution in [1.82, 2.24) is 19.7 Å². The molecule has 2 unspecified atom stereocenters. The Balaban J connectivity index is 2.71. The van der Waals surface area contributed by atoms with Crippen LogP contribution in [0.25, 0.3) is 0 Å². The molecule has 0 aliphatic carbocycles. The Hall–Kier alpha value is -1.10. The van der Waals surface area contributed by atoms with Crippen LogP contribution in [0.1, 0.15) is 33.6 Å². The highest BCUT2D eigenvalue weighted by Crippen LogP contribution is 2.08. The molecule has 98 valence electrons. The molecule has 0 radical (unpaired) electrons. The summed E-state index contributed by atoms with van der Waals surface area (Å²) in [7, 11) is 1.73. The van der Waals surface area contributed by atoms with Gasteiger partial charge in [0.05, 0.1) is 6.54 Å². The second kappa shape index (κ2) is 6.59. The molecule has 0 bridgehead atoms. The summed E-state index contributed by atoms with van der Waals surface area (Å²) in [6, 6.07) is 0.313. The summed E-state index contributed by atoms with van der Waals surface area (Å²) in [4.78, 5) is 11.7. The number of aromatic nitrogens is 3. The first-order valence-corrected chi connectivity index (χ1v) is 6.41. The van der Waals surface area contributed by atoms with Crippen LogP contribution < -0.4 is 11.0 Å². The molecule has 0 saturated carbocycles. The Morgan fingerprint density at radius 3 is 2.65 bits per heavy atom. The van der Waals surface area contributed by atoms with Crippen molar-refractivity contribution in [1.29, 1.82) is 0 Å². The predicted molar refractivity (Wildman–Crippen MR) is 69.0 cm³/mol. The summed E-state index contributed by atoms with van der Waals surface area (Å²) >= 11 is 0. The minimum Gasteiger partial charge on any atom is -0.312 e. The van der Waals surface area contributed by atoms with Crippen LogP contribution in [0.4, 0.5) is 0 Å². The molecule has 1 aromatic rings. The maximum absolute atomic E-state index is 11.7. The van der Waals surface area contributed by atoms with E-state index in [0.717, 1.165) is 19.4 Å². The van der Waals surface area contributed by atoms with Gasteiger partial charge < -0.3 is 5.32 Å². The fraction of sp³-hybridized carbons (Fsp3) is 0.833. The number of rotatable bonds is 7. The molecule has 1 rings (SSSR count). The SMILES string of the molecule is CCCNC(Cn1ncn(C)c1=O)C(C)CC. The molecular weight excluding hydrogens is 216 g/mol. The van der Waals surface area contributed by atoms with Crippen molar-refractivity contribution in [2.75, 3.05) is 6.54 Å². The molecule has 5 nitrogen and oxygen atoms in total. The van der Waals surface area contributed by atoms with E-state index >= 15 is 0 Å². The molecule has 0 aliphatic heterocycles. The molecule has 17 heavy (non-hydrogen) atoms. The van der Waals surface area contributed by atoms with Crippen molar-refractivity contribution < 1.29 is 0 Å². The lowest BCUT2D eigenvalue weighted by Gasteiger charge is -2.23. The lowest BCUT2D eigenvalue weighted by atomic mass is 9.99. The largest absolute Gasteiger partial charge is 0.345 e. The quantitative estimate of drug-likeness (QED) is 0.773. The van der Waals surface area contributed by atoms with E-state index in [0.29, 0.717) is 18.5 Å². The van der Waals surface area contributed by atoms with Gasteiger partial charge in [-0.2, -0.15) is 5.10 Å². The molecular formula is C12H24N4O. The standard InChI is InChI=1S/C12H24N4O/c1-5-7-13-11(10(3)6-2)8-16-12(17)15(4)9-14-16/h9-11,13H,5-8H2,1-4H3. The molecule has 2 atom stereocenters. The summed E-state index contributed by atoms with van der Waals surface area (Å²) in [6.07, 6.45) is 3.77. The van der Waals surface area contributed by atoms with Crippen LogP contribution in [0.5, 0.6) is 0 Å². The van der Waals surface area contributed by atoms with Crippen LogP contribution in [-0.4, -0.2) is 26.9 Å². The van der Waals surface area contributed by atoms with E-state index in [1.807, 2.05) is 0 Å². The van der Waals surface area contributed by atoms with Crippen LogP contribution in [0, 0.1) is 5.92 Å². The van der Waals surface area contributed by atoms with Gasteiger partial charge in [0.2, 0.25) is 0 Å². The summed E-state index contributed by atoms with van der Waals surface area (Å²) in [6.45, 7) is 8.16. The second-order valence-corrected chi connectivity index (χ2v) is 4.65. The molecule has 0 aliphatic rings. The molecule has 0 saturated heterocycles. The smallest absolute Gasteiger partial charge is 0.312 e. The van der Waals surface area contributed by atoms with E-state index in [-0.39, 0.29) is 5.69 Å². The van der Waals surface area contributed by atoms with Crippen molar-refractivity contribution in [2.45, 2.75) is 46.2 Å². The zero-order chi connectivity index (χ0) is 12.8. The number of hydrogen-bond acceptors (Lipinski definition) is 3. The van der Waals surface area contributed by atoms with Crippen LogP contribution in [0.2, 0.25) is 0 Å². The Labute approximate surface area is 103 Å². The second-order valence-electron chi connectivity index (χ2n) is 4.65. The molecule has 0 amide bonds. The first-order valence-electron chi connectivity index (χ1n) is 6.41. The van der Waals surface area contributed by atoms with Crippen LogP contribution >= 0.6 is 0 Å². The van der Waals surface area contributed by atoms with Crippen molar-refractivity contribution in [3.05, 3.63) is 16.8 Å². The minimum absolute atomic E-state index is 0.0448. The topological polar surface area (TPSA) is 51.9 Å². The van der Waals surface area contributed by atoms with Gasteiger partial charge in [-0.3, -0.25) is 4.57 Å². The number of aryl methyl sites for hydroxylation is 1. The van der Waals surface area contributed by atoms with E-state index in [4.69, 9.17) is 0 Å². The minimum atomic E-state index is -0.0448. The van der Waals surface area contributed by atoms with E-state index in [1.54, 1.807) is 18.1 Å². The summed E-state index contributed by atoms with van der Waals surface area (Å²) < 4.78 is 3.05. The van der Waals surface area contributed by atoms with Gasteiger partial charge in [-0.1, -0.05) is 27.2 Å². The third kappa shape index (κ3) is 3.70. The summed E-state index contributed by atoms with van der Waals surface area (Å²) in [5, 5.41) is 7.60. The molecule has 0 fully saturated rings. The van der Waals surface area contributed by atoms with Gasteiger partial charge in [0.15, 0.2) is 0 Å². The fourth-order valence-electron chi connectivity index (χ4n) is 1.79. The number of nitrogens with one attached hydrogen (secondary N) is 1. The number of hydrogen-bond donors (Lipinski definition) is 1. The van der Waals surface area contributed by atoms with Gasteiger partial charge in [0.1, 0.15) is 6.33 Å². The average molecular weight is 240 g/mol. The van der Waals surface area contributed by atoms with E-state index < -0.39 is 0 Å². The molecule has 1 heterocycles. The third-order valence-corrected chi connectivity index (χ3v) is 3.24. The Kier molecular flexibility index (Phi) is 5.41. The maximum atomic E-state index is 11.7. The van der Waals surface area contributed by atoms with E-state index in [9.17, 15) is 4.79 Å². The first kappa shape index (κ1) is 14.0. The summed E-state index contributed by atoms with van der Waals surface area (Å²) in [5.74, 6) is 0.537. The Bertz CT molecular complexity index is 382. The predicted octanol–water partition coefficient (Wildman–Crippen LogP) is 0.996. The van der Waals surface area contributed by atoms with Crippen molar-refractivity contribution in [2.24, 2.45) is 13.0 Å². The molecule has 5 heteroatoms. The van der Waals surface area contributed by atoms with Gasteiger partial charge >= 0.3 is 5.69 Å². The molecule has 1 N–H and O–H groups in total. The lowest BCUT2D eigenvalue weighted by Crippen LogP contribution is -2.41. The number of nitrogens with zero attached hydrogens (tertiary/aromatic N) is 3. The van der Waals surface area contributed by atoms with Crippen LogP contribution in [0.3, 0.4) is 0 Å². The van der Waals surface area contributed by atoms with Gasteiger partial charge in [-0.05, 0) is 18.9 Å². The monoisotopic (exact) mass is 240 g/mol. The van der Waals surface area contributed by atoms with Crippen LogP contribution in [0.15, 0.2) is 11.1 Å². The molecule has 0 spiro atoms. The van der Waals surface area contributed by atoms with E-state index in [2.05, 4.69) is 31.2 Å². The zero-order valence-corrected chi connectivity index (χ0v) is 11.3. The van der Waals surface area contributed by atoms with Crippen molar-refractivity contribution in [3.8, 4) is 0 Å². The highest BCUT2D eigenvalue weighted by Gasteiger charge is 2.17. The Morgan fingerprint density at radius 2 is 2.18 bits per heavy atom. The van der Waals surface area contributed by atoms with Gasteiger partial charge in [-0.15, -0.1) is 0 Å². The van der Waals surface area contributed by atoms with Gasteiger partial charge in [-0.25, -0.2) is 9.48 Å². The highest BCUT2D eigenvalue weighted by molar-refractivity contribution is 4.75. The maximum Gasteiger partial charge on any atom is 0.345 e. The highest BCUT2D eigenvalue weighted by atomic mass is 16.2. The third-order valence-electron chi connectivity index (χ3n) is 3.24. The molecule has 0 aromatic carbocycles. The first-order chi connectivity index (χ1) is 8.10. The lowest BCUT2D eigenvalue weighted by molar-refractivity contribution is 0.315. The van der Waals surface area contributed by atoms with Gasteiger partial charge in [0, 0.05) is 13.1 Å². The van der Waals surface area contributed by atoms with E-state index in [1.165, 1.54) is 4.57 Å². The van der Waals surface area contributed by atoms with Crippen molar-refractivity contribution in [3.63, 3.8) is 0 Å². The Morgan fingerprint density at radius 1 is 1.47 bits per heavy atom. The normalized spacial score (nSPS) is 14.8. The fourth-order valence-corrected chi connectivity index (χ4v) is 1.79. The van der Waals surface area contributed by atoms with Crippen molar-refractivity contribution >= 4 is 0 Å². The average Bonchev–Trinajstić information content (AvgIpc) is 2.65.